The van der Waals surface area contributed by atoms with E-state index in [2.05, 4.69) is 21.6 Å². The van der Waals surface area contributed by atoms with Gasteiger partial charge in [0.25, 0.3) is 0 Å². The third-order valence-corrected chi connectivity index (χ3v) is 3.51. The number of aryl methyl sites for hydroxylation is 1. The summed E-state index contributed by atoms with van der Waals surface area (Å²) in [7, 11) is 0. The van der Waals surface area contributed by atoms with E-state index in [-0.39, 0.29) is 6.61 Å². The molecule has 3 aromatic rings. The Bertz CT molecular complexity index is 771. The number of fused-ring (bicyclic) bond motifs is 1. The van der Waals surface area contributed by atoms with Gasteiger partial charge < -0.3 is 10.4 Å². The summed E-state index contributed by atoms with van der Waals surface area (Å²) >= 11 is 0. The van der Waals surface area contributed by atoms with Crippen LogP contribution in [0.4, 0.5) is 5.82 Å². The summed E-state index contributed by atoms with van der Waals surface area (Å²) in [6.07, 6.45) is 0. The van der Waals surface area contributed by atoms with Gasteiger partial charge in [0.15, 0.2) is 5.82 Å². The molecule has 0 radical (unpaired) electrons. The second-order valence-corrected chi connectivity index (χ2v) is 5.01. The Morgan fingerprint density at radius 2 is 1.71 bits per heavy atom. The molecule has 0 unspecified atom stereocenters. The summed E-state index contributed by atoms with van der Waals surface area (Å²) in [5.41, 5.74) is 2.94. The van der Waals surface area contributed by atoms with Crippen LogP contribution < -0.4 is 5.32 Å². The van der Waals surface area contributed by atoms with Crippen LogP contribution in [0.15, 0.2) is 48.5 Å². The lowest BCUT2D eigenvalue weighted by Gasteiger charge is -2.10. The maximum atomic E-state index is 9.18. The molecular formula is C17H17N3O. The Morgan fingerprint density at radius 1 is 0.952 bits per heavy atom. The summed E-state index contributed by atoms with van der Waals surface area (Å²) in [5, 5.41) is 23.1. The van der Waals surface area contributed by atoms with E-state index in [4.69, 9.17) is 0 Å². The van der Waals surface area contributed by atoms with E-state index in [9.17, 15) is 5.11 Å². The van der Waals surface area contributed by atoms with Crippen molar-refractivity contribution >= 4 is 16.6 Å². The SMILES string of the molecule is Cc1nnc(NCc2cccc(CO)c2)c2ccccc12. The molecule has 3 rings (SSSR count). The number of benzene rings is 2. The fourth-order valence-electron chi connectivity index (χ4n) is 2.39. The summed E-state index contributed by atoms with van der Waals surface area (Å²) in [6.45, 7) is 2.67. The normalized spacial score (nSPS) is 10.8. The van der Waals surface area contributed by atoms with Gasteiger partial charge in [-0.15, -0.1) is 5.10 Å². The number of aliphatic hydroxyl groups is 1. The molecule has 4 nitrogen and oxygen atoms in total. The summed E-state index contributed by atoms with van der Waals surface area (Å²) < 4.78 is 0. The van der Waals surface area contributed by atoms with Crippen LogP contribution in [0.3, 0.4) is 0 Å². The molecule has 2 aromatic carbocycles. The van der Waals surface area contributed by atoms with Crippen molar-refractivity contribution in [1.29, 1.82) is 0 Å². The Hall–Kier alpha value is -2.46. The topological polar surface area (TPSA) is 58.0 Å². The molecule has 106 valence electrons. The highest BCUT2D eigenvalue weighted by molar-refractivity contribution is 5.92. The average molecular weight is 279 g/mol. The molecule has 0 saturated heterocycles. The van der Waals surface area contributed by atoms with Crippen LogP contribution in [0.1, 0.15) is 16.8 Å². The van der Waals surface area contributed by atoms with E-state index in [1.54, 1.807) is 0 Å². The smallest absolute Gasteiger partial charge is 0.156 e. The number of rotatable bonds is 4. The summed E-state index contributed by atoms with van der Waals surface area (Å²) in [6, 6.07) is 16.0. The van der Waals surface area contributed by atoms with Gasteiger partial charge in [-0.25, -0.2) is 0 Å². The zero-order chi connectivity index (χ0) is 14.7. The second-order valence-electron chi connectivity index (χ2n) is 5.01. The molecule has 0 atom stereocenters. The Balaban J connectivity index is 1.87. The zero-order valence-electron chi connectivity index (χ0n) is 11.9. The number of aliphatic hydroxyl groups excluding tert-OH is 1. The van der Waals surface area contributed by atoms with Crippen molar-refractivity contribution in [1.82, 2.24) is 10.2 Å². The first-order valence-electron chi connectivity index (χ1n) is 6.92. The third-order valence-electron chi connectivity index (χ3n) is 3.51. The summed E-state index contributed by atoms with van der Waals surface area (Å²) in [4.78, 5) is 0. The minimum atomic E-state index is 0.0567. The van der Waals surface area contributed by atoms with Crippen LogP contribution in [-0.2, 0) is 13.2 Å². The van der Waals surface area contributed by atoms with Crippen molar-refractivity contribution < 1.29 is 5.11 Å². The molecule has 0 aliphatic carbocycles. The molecule has 1 aromatic heterocycles. The molecule has 21 heavy (non-hydrogen) atoms. The van der Waals surface area contributed by atoms with Crippen molar-refractivity contribution in [3.63, 3.8) is 0 Å². The minimum Gasteiger partial charge on any atom is -0.392 e. The average Bonchev–Trinajstić information content (AvgIpc) is 2.55. The van der Waals surface area contributed by atoms with Crippen LogP contribution in [0.5, 0.6) is 0 Å². The van der Waals surface area contributed by atoms with E-state index in [1.165, 1.54) is 0 Å². The maximum Gasteiger partial charge on any atom is 0.156 e. The van der Waals surface area contributed by atoms with Crippen molar-refractivity contribution in [2.75, 3.05) is 5.32 Å². The lowest BCUT2D eigenvalue weighted by molar-refractivity contribution is 0.281. The number of anilines is 1. The fourth-order valence-corrected chi connectivity index (χ4v) is 2.39. The lowest BCUT2D eigenvalue weighted by atomic mass is 10.1. The predicted octanol–water partition coefficient (Wildman–Crippen LogP) is 3.04. The summed E-state index contributed by atoms with van der Waals surface area (Å²) in [5.74, 6) is 0.783. The van der Waals surface area contributed by atoms with Crippen LogP contribution in [0.25, 0.3) is 10.8 Å². The van der Waals surface area contributed by atoms with Crippen LogP contribution in [0.2, 0.25) is 0 Å². The fraction of sp³-hybridized carbons (Fsp3) is 0.176. The standard InChI is InChI=1S/C17H17N3O/c1-12-15-7-2-3-8-16(15)17(20-19-12)18-10-13-5-4-6-14(9-13)11-21/h2-9,21H,10-11H2,1H3,(H,18,20). The highest BCUT2D eigenvalue weighted by atomic mass is 16.3. The molecule has 0 saturated carbocycles. The molecule has 0 spiro atoms. The molecule has 0 bridgehead atoms. The zero-order valence-corrected chi connectivity index (χ0v) is 11.9. The molecule has 2 N–H and O–H groups in total. The Kier molecular flexibility index (Phi) is 3.79. The van der Waals surface area contributed by atoms with Crippen LogP contribution in [0, 0.1) is 6.92 Å². The maximum absolute atomic E-state index is 9.18. The minimum absolute atomic E-state index is 0.0567. The molecule has 1 heterocycles. The first-order chi connectivity index (χ1) is 10.3. The highest BCUT2D eigenvalue weighted by Crippen LogP contribution is 2.22. The molecule has 0 aliphatic heterocycles. The number of hydrogen-bond acceptors (Lipinski definition) is 4. The number of nitrogens with one attached hydrogen (secondary N) is 1. The van der Waals surface area contributed by atoms with E-state index in [1.807, 2.05) is 49.4 Å². The largest absolute Gasteiger partial charge is 0.392 e. The van der Waals surface area contributed by atoms with E-state index in [0.29, 0.717) is 6.54 Å². The Labute approximate surface area is 123 Å². The molecular weight excluding hydrogens is 262 g/mol. The monoisotopic (exact) mass is 279 g/mol. The van der Waals surface area contributed by atoms with Crippen molar-refractivity contribution in [3.05, 3.63) is 65.4 Å². The van der Waals surface area contributed by atoms with Gasteiger partial charge in [-0.05, 0) is 18.1 Å². The van der Waals surface area contributed by atoms with Gasteiger partial charge in [-0.3, -0.25) is 0 Å². The molecule has 4 heteroatoms. The van der Waals surface area contributed by atoms with Gasteiger partial charge >= 0.3 is 0 Å². The van der Waals surface area contributed by atoms with Gasteiger partial charge in [0.05, 0.1) is 12.3 Å². The Morgan fingerprint density at radius 3 is 2.52 bits per heavy atom. The van der Waals surface area contributed by atoms with Gasteiger partial charge in [-0.1, -0.05) is 48.5 Å². The molecule has 0 aliphatic rings. The van der Waals surface area contributed by atoms with E-state index >= 15 is 0 Å². The first-order valence-corrected chi connectivity index (χ1v) is 6.92. The van der Waals surface area contributed by atoms with Crippen molar-refractivity contribution in [3.8, 4) is 0 Å². The van der Waals surface area contributed by atoms with E-state index < -0.39 is 0 Å². The third kappa shape index (κ3) is 2.85. The number of nitrogens with zero attached hydrogens (tertiary/aromatic N) is 2. The molecule has 0 amide bonds. The van der Waals surface area contributed by atoms with Gasteiger partial charge in [-0.2, -0.15) is 5.10 Å². The van der Waals surface area contributed by atoms with Gasteiger partial charge in [0.2, 0.25) is 0 Å². The number of aromatic nitrogens is 2. The number of hydrogen-bond donors (Lipinski definition) is 2. The molecule has 0 fully saturated rings. The van der Waals surface area contributed by atoms with Crippen molar-refractivity contribution in [2.45, 2.75) is 20.1 Å². The lowest BCUT2D eigenvalue weighted by Crippen LogP contribution is -2.04. The van der Waals surface area contributed by atoms with Gasteiger partial charge in [0, 0.05) is 17.3 Å². The van der Waals surface area contributed by atoms with Crippen LogP contribution in [-0.4, -0.2) is 15.3 Å². The van der Waals surface area contributed by atoms with Gasteiger partial charge in [0.1, 0.15) is 0 Å². The van der Waals surface area contributed by atoms with Crippen LogP contribution >= 0.6 is 0 Å². The van der Waals surface area contributed by atoms with Crippen molar-refractivity contribution in [2.24, 2.45) is 0 Å². The van der Waals surface area contributed by atoms with E-state index in [0.717, 1.165) is 33.4 Å². The highest BCUT2D eigenvalue weighted by Gasteiger charge is 2.05. The first kappa shape index (κ1) is 13.5. The quantitative estimate of drug-likeness (QED) is 0.770. The second kappa shape index (κ2) is 5.89. The predicted molar refractivity (Wildman–Crippen MR) is 84.0 cm³/mol.